The molecule has 0 atom stereocenters. The number of amides is 2. The quantitative estimate of drug-likeness (QED) is 0.500. The number of rotatable bonds is 5. The lowest BCUT2D eigenvalue weighted by atomic mass is 9.94. The Bertz CT molecular complexity index is 1070. The summed E-state index contributed by atoms with van der Waals surface area (Å²) in [7, 11) is 0. The number of carbonyl (C=O) groups excluding carboxylic acids is 2. The Kier molecular flexibility index (Phi) is 6.99. The molecule has 188 valence electrons. The molecule has 0 spiro atoms. The number of alkyl halides is 3. The summed E-state index contributed by atoms with van der Waals surface area (Å²) in [6.07, 6.45) is 0.307. The number of benzene rings is 1. The molecule has 9 nitrogen and oxygen atoms in total. The van der Waals surface area contributed by atoms with Crippen molar-refractivity contribution in [3.05, 3.63) is 58.0 Å². The van der Waals surface area contributed by atoms with Gasteiger partial charge in [-0.1, -0.05) is 0 Å². The van der Waals surface area contributed by atoms with Crippen molar-refractivity contribution in [1.82, 2.24) is 10.2 Å². The van der Waals surface area contributed by atoms with Gasteiger partial charge < -0.3 is 19.5 Å². The predicted molar refractivity (Wildman–Crippen MR) is 119 cm³/mol. The summed E-state index contributed by atoms with van der Waals surface area (Å²) in [5.74, 6) is -0.496. The van der Waals surface area contributed by atoms with Gasteiger partial charge in [-0.25, -0.2) is 0 Å². The van der Waals surface area contributed by atoms with Gasteiger partial charge in [-0.15, -0.1) is 0 Å². The molecule has 1 N–H and O–H groups in total. The second-order valence-electron chi connectivity index (χ2n) is 8.81. The number of hydrogen-bond acceptors (Lipinski definition) is 6. The Morgan fingerprint density at radius 2 is 1.74 bits per heavy atom. The molecule has 2 aliphatic heterocycles. The van der Waals surface area contributed by atoms with Gasteiger partial charge in [0.05, 0.1) is 22.3 Å². The third-order valence-corrected chi connectivity index (χ3v) is 6.60. The lowest BCUT2D eigenvalue weighted by Gasteiger charge is -2.35. The van der Waals surface area contributed by atoms with E-state index in [-0.39, 0.29) is 29.5 Å². The minimum atomic E-state index is -4.67. The number of nitrogens with one attached hydrogen (secondary N) is 1. The standard InChI is InChI=1S/C23H25F3N4O5/c24-23(25,26)17-1-2-19(20(13-17)30(33)34)28-8-3-15(4-9-28)21(31)27-18-5-10-29(11-6-18)22(32)16-7-12-35-14-16/h1-2,7,12-15,18H,3-6,8-11H2,(H,27,31). The number of furan rings is 1. The van der Waals surface area contributed by atoms with E-state index in [1.165, 1.54) is 12.5 Å². The van der Waals surface area contributed by atoms with Crippen LogP contribution in [0.5, 0.6) is 0 Å². The summed E-state index contributed by atoms with van der Waals surface area (Å²) < 4.78 is 43.8. The Hall–Kier alpha value is -3.57. The third-order valence-electron chi connectivity index (χ3n) is 6.60. The van der Waals surface area contributed by atoms with Crippen LogP contribution in [0.25, 0.3) is 0 Å². The summed E-state index contributed by atoms with van der Waals surface area (Å²) >= 11 is 0. The van der Waals surface area contributed by atoms with Gasteiger partial charge in [-0.3, -0.25) is 19.7 Å². The van der Waals surface area contributed by atoms with Crippen molar-refractivity contribution in [2.75, 3.05) is 31.1 Å². The van der Waals surface area contributed by atoms with Crippen LogP contribution in [0.15, 0.2) is 41.2 Å². The number of likely N-dealkylation sites (tertiary alicyclic amines) is 1. The first-order valence-electron chi connectivity index (χ1n) is 11.4. The van der Waals surface area contributed by atoms with E-state index in [9.17, 15) is 32.9 Å². The molecule has 1 aromatic heterocycles. The number of anilines is 1. The molecule has 0 unspecified atom stereocenters. The van der Waals surface area contributed by atoms with Gasteiger partial charge in [0, 0.05) is 44.2 Å². The molecule has 35 heavy (non-hydrogen) atoms. The summed E-state index contributed by atoms with van der Waals surface area (Å²) in [5.41, 5.74) is -1.05. The number of carbonyl (C=O) groups is 2. The molecule has 2 aromatic rings. The van der Waals surface area contributed by atoms with Crippen LogP contribution in [-0.4, -0.2) is 53.9 Å². The van der Waals surface area contributed by atoms with Crippen LogP contribution in [-0.2, 0) is 11.0 Å². The summed E-state index contributed by atoms with van der Waals surface area (Å²) in [6.45, 7) is 1.68. The Labute approximate surface area is 199 Å². The van der Waals surface area contributed by atoms with E-state index in [0.717, 1.165) is 12.1 Å². The molecule has 4 rings (SSSR count). The fourth-order valence-electron chi connectivity index (χ4n) is 4.61. The van der Waals surface area contributed by atoms with Crippen molar-refractivity contribution in [3.63, 3.8) is 0 Å². The minimum absolute atomic E-state index is 0.0510. The molecular weight excluding hydrogens is 469 g/mol. The Balaban J connectivity index is 1.29. The largest absolute Gasteiger partial charge is 0.472 e. The molecule has 1 aromatic carbocycles. The molecule has 0 saturated carbocycles. The normalized spacial score (nSPS) is 17.9. The van der Waals surface area contributed by atoms with Crippen molar-refractivity contribution < 1.29 is 32.1 Å². The number of nitrogens with zero attached hydrogens (tertiary/aromatic N) is 3. The number of hydrogen-bond donors (Lipinski definition) is 1. The number of nitro benzene ring substituents is 1. The first-order valence-corrected chi connectivity index (χ1v) is 11.4. The van der Waals surface area contributed by atoms with Crippen molar-refractivity contribution in [1.29, 1.82) is 0 Å². The summed E-state index contributed by atoms with van der Waals surface area (Å²) in [6, 6.07) is 4.08. The summed E-state index contributed by atoms with van der Waals surface area (Å²) in [5, 5.41) is 14.4. The number of halogens is 3. The molecule has 2 fully saturated rings. The van der Waals surface area contributed by atoms with Crippen LogP contribution in [0.4, 0.5) is 24.5 Å². The van der Waals surface area contributed by atoms with Crippen LogP contribution in [0.2, 0.25) is 0 Å². The first-order chi connectivity index (χ1) is 16.6. The highest BCUT2D eigenvalue weighted by Gasteiger charge is 2.35. The molecule has 12 heteroatoms. The fourth-order valence-corrected chi connectivity index (χ4v) is 4.61. The van der Waals surface area contributed by atoms with Gasteiger partial charge in [-0.05, 0) is 43.9 Å². The van der Waals surface area contributed by atoms with Crippen molar-refractivity contribution in [2.24, 2.45) is 5.92 Å². The lowest BCUT2D eigenvalue weighted by Crippen LogP contribution is -2.49. The van der Waals surface area contributed by atoms with Crippen molar-refractivity contribution >= 4 is 23.2 Å². The van der Waals surface area contributed by atoms with Crippen LogP contribution in [0.3, 0.4) is 0 Å². The van der Waals surface area contributed by atoms with E-state index in [0.29, 0.717) is 63.5 Å². The van der Waals surface area contributed by atoms with Gasteiger partial charge in [0.15, 0.2) is 0 Å². The van der Waals surface area contributed by atoms with E-state index in [1.54, 1.807) is 15.9 Å². The van der Waals surface area contributed by atoms with Gasteiger partial charge in [0.1, 0.15) is 12.0 Å². The second-order valence-corrected chi connectivity index (χ2v) is 8.81. The predicted octanol–water partition coefficient (Wildman–Crippen LogP) is 3.84. The zero-order valence-electron chi connectivity index (χ0n) is 18.8. The van der Waals surface area contributed by atoms with Gasteiger partial charge in [0.25, 0.3) is 11.6 Å². The monoisotopic (exact) mass is 494 g/mol. The molecule has 0 aliphatic carbocycles. The molecule has 0 bridgehead atoms. The zero-order chi connectivity index (χ0) is 25.2. The highest BCUT2D eigenvalue weighted by Crippen LogP contribution is 2.37. The second kappa shape index (κ2) is 9.96. The highest BCUT2D eigenvalue weighted by atomic mass is 19.4. The molecular formula is C23H25F3N4O5. The van der Waals surface area contributed by atoms with E-state index < -0.39 is 22.4 Å². The van der Waals surface area contributed by atoms with Crippen molar-refractivity contribution in [2.45, 2.75) is 37.9 Å². The Morgan fingerprint density at radius 3 is 2.31 bits per heavy atom. The number of nitro groups is 1. The zero-order valence-corrected chi connectivity index (χ0v) is 18.8. The Morgan fingerprint density at radius 1 is 1.06 bits per heavy atom. The lowest BCUT2D eigenvalue weighted by molar-refractivity contribution is -0.384. The van der Waals surface area contributed by atoms with E-state index in [4.69, 9.17) is 4.42 Å². The maximum Gasteiger partial charge on any atom is 0.416 e. The van der Waals surface area contributed by atoms with Crippen LogP contribution in [0.1, 0.15) is 41.6 Å². The molecule has 0 radical (unpaired) electrons. The average molecular weight is 494 g/mol. The topological polar surface area (TPSA) is 109 Å². The average Bonchev–Trinajstić information content (AvgIpc) is 3.38. The molecule has 2 aliphatic rings. The smallest absolute Gasteiger partial charge is 0.416 e. The van der Waals surface area contributed by atoms with E-state index in [1.807, 2.05) is 0 Å². The third kappa shape index (κ3) is 5.57. The van der Waals surface area contributed by atoms with Crippen LogP contribution >= 0.6 is 0 Å². The SMILES string of the molecule is O=C(NC1CCN(C(=O)c2ccoc2)CC1)C1CCN(c2ccc(C(F)(F)F)cc2[N+](=O)[O-])CC1. The van der Waals surface area contributed by atoms with Gasteiger partial charge in [0.2, 0.25) is 5.91 Å². The van der Waals surface area contributed by atoms with Crippen molar-refractivity contribution in [3.8, 4) is 0 Å². The fraction of sp³-hybridized carbons (Fsp3) is 0.478. The first kappa shape index (κ1) is 24.6. The molecule has 2 amide bonds. The maximum atomic E-state index is 13.0. The van der Waals surface area contributed by atoms with Gasteiger partial charge in [-0.2, -0.15) is 13.2 Å². The molecule has 3 heterocycles. The number of piperidine rings is 2. The minimum Gasteiger partial charge on any atom is -0.472 e. The highest BCUT2D eigenvalue weighted by molar-refractivity contribution is 5.93. The maximum absolute atomic E-state index is 13.0. The van der Waals surface area contributed by atoms with E-state index in [2.05, 4.69) is 5.32 Å². The van der Waals surface area contributed by atoms with Crippen LogP contribution < -0.4 is 10.2 Å². The van der Waals surface area contributed by atoms with Gasteiger partial charge >= 0.3 is 6.18 Å². The molecule has 2 saturated heterocycles. The van der Waals surface area contributed by atoms with E-state index >= 15 is 0 Å². The van der Waals surface area contributed by atoms with Crippen LogP contribution in [0, 0.1) is 16.0 Å². The summed E-state index contributed by atoms with van der Waals surface area (Å²) in [4.78, 5) is 39.1.